The monoisotopic (exact) mass is 508 g/mol. The summed E-state index contributed by atoms with van der Waals surface area (Å²) in [6.45, 7) is 3.85. The highest BCUT2D eigenvalue weighted by Crippen LogP contribution is 2.36. The van der Waals surface area contributed by atoms with Crippen LogP contribution in [0.5, 0.6) is 5.75 Å². The molecule has 0 N–H and O–H groups in total. The van der Waals surface area contributed by atoms with E-state index in [0.717, 1.165) is 8.95 Å². The molecule has 28 heavy (non-hydrogen) atoms. The average molecular weight is 510 g/mol. The molecule has 3 rings (SSSR count). The van der Waals surface area contributed by atoms with Gasteiger partial charge in [-0.3, -0.25) is 10.1 Å². The Hall–Kier alpha value is -2.52. The maximum absolute atomic E-state index is 12.2. The molecular weight excluding hydrogens is 496 g/mol. The number of hydrogen-bond acceptors (Lipinski definition) is 6. The van der Waals surface area contributed by atoms with E-state index < -0.39 is 10.9 Å². The van der Waals surface area contributed by atoms with Crippen LogP contribution >= 0.6 is 31.9 Å². The van der Waals surface area contributed by atoms with Crippen LogP contribution in [0.1, 0.15) is 25.0 Å². The molecule has 0 aromatic heterocycles. The fraction of sp³-hybridized carbons (Fsp3) is 0.158. The summed E-state index contributed by atoms with van der Waals surface area (Å²) >= 11 is 6.92. The molecule has 0 spiro atoms. The van der Waals surface area contributed by atoms with Gasteiger partial charge in [-0.05, 0) is 75.5 Å². The van der Waals surface area contributed by atoms with Crippen LogP contribution in [-0.2, 0) is 9.53 Å². The number of non-ortho nitro benzene ring substituents is 1. The normalized spacial score (nSPS) is 15.0. The van der Waals surface area contributed by atoms with Gasteiger partial charge in [0.1, 0.15) is 5.75 Å². The minimum Gasteiger partial charge on any atom is -0.489 e. The number of nitro groups is 1. The van der Waals surface area contributed by atoms with Crippen LogP contribution in [0, 0.1) is 10.1 Å². The lowest BCUT2D eigenvalue weighted by Crippen LogP contribution is -2.06. The smallest absolute Gasteiger partial charge is 0.363 e. The van der Waals surface area contributed by atoms with Gasteiger partial charge in [-0.25, -0.2) is 9.79 Å². The quantitative estimate of drug-likeness (QED) is 0.237. The number of nitro benzene ring substituents is 1. The summed E-state index contributed by atoms with van der Waals surface area (Å²) in [5.74, 6) is 0.0565. The summed E-state index contributed by atoms with van der Waals surface area (Å²) < 4.78 is 12.4. The first-order valence-electron chi connectivity index (χ1n) is 8.17. The molecule has 0 radical (unpaired) electrons. The van der Waals surface area contributed by atoms with Gasteiger partial charge in [0.05, 0.1) is 20.0 Å². The van der Waals surface area contributed by atoms with Crippen LogP contribution in [0.3, 0.4) is 0 Å². The van der Waals surface area contributed by atoms with Crippen molar-refractivity contribution in [2.24, 2.45) is 4.99 Å². The Labute approximate surface area is 177 Å². The van der Waals surface area contributed by atoms with Gasteiger partial charge in [-0.15, -0.1) is 0 Å². The maximum Gasteiger partial charge on any atom is 0.363 e. The Kier molecular flexibility index (Phi) is 5.95. The predicted octanol–water partition coefficient (Wildman–Crippen LogP) is 5.25. The Morgan fingerprint density at radius 3 is 2.50 bits per heavy atom. The van der Waals surface area contributed by atoms with Crippen molar-refractivity contribution in [2.45, 2.75) is 20.0 Å². The number of aliphatic imine (C=N–C) groups is 1. The van der Waals surface area contributed by atoms with Crippen molar-refractivity contribution in [3.8, 4) is 5.75 Å². The van der Waals surface area contributed by atoms with Gasteiger partial charge in [-0.1, -0.05) is 6.07 Å². The number of cyclic esters (lactones) is 1. The number of carbonyl (C=O) groups is 1. The molecule has 0 fully saturated rings. The Morgan fingerprint density at radius 2 is 1.89 bits per heavy atom. The van der Waals surface area contributed by atoms with Gasteiger partial charge in [0.15, 0.2) is 5.70 Å². The molecule has 1 aliphatic rings. The first-order valence-corrected chi connectivity index (χ1v) is 9.76. The highest BCUT2D eigenvalue weighted by atomic mass is 79.9. The molecule has 144 valence electrons. The molecule has 0 amide bonds. The number of ether oxygens (including phenoxy) is 2. The molecule has 0 bridgehead atoms. The second-order valence-corrected chi connectivity index (χ2v) is 7.83. The van der Waals surface area contributed by atoms with E-state index in [1.165, 1.54) is 18.2 Å². The van der Waals surface area contributed by atoms with E-state index in [-0.39, 0.29) is 23.4 Å². The molecular formula is C19H14Br2N2O5. The largest absolute Gasteiger partial charge is 0.489 e. The number of benzene rings is 2. The fourth-order valence-corrected chi connectivity index (χ4v) is 3.86. The minimum absolute atomic E-state index is 0.00343. The second kappa shape index (κ2) is 8.24. The molecule has 0 saturated carbocycles. The molecule has 0 saturated heterocycles. The highest BCUT2D eigenvalue weighted by Gasteiger charge is 2.25. The number of carbonyl (C=O) groups excluding carboxylic acids is 1. The fourth-order valence-electron chi connectivity index (χ4n) is 2.45. The van der Waals surface area contributed by atoms with Crippen molar-refractivity contribution < 1.29 is 19.2 Å². The first kappa shape index (κ1) is 20.2. The van der Waals surface area contributed by atoms with Gasteiger partial charge < -0.3 is 9.47 Å². The zero-order valence-electron chi connectivity index (χ0n) is 14.8. The lowest BCUT2D eigenvalue weighted by molar-refractivity contribution is -0.384. The van der Waals surface area contributed by atoms with E-state index >= 15 is 0 Å². The van der Waals surface area contributed by atoms with Crippen molar-refractivity contribution in [1.29, 1.82) is 0 Å². The molecule has 9 heteroatoms. The number of rotatable bonds is 5. The average Bonchev–Trinajstić information content (AvgIpc) is 2.99. The second-order valence-electron chi connectivity index (χ2n) is 6.12. The van der Waals surface area contributed by atoms with Gasteiger partial charge in [0.2, 0.25) is 5.90 Å². The summed E-state index contributed by atoms with van der Waals surface area (Å²) in [6.07, 6.45) is 1.57. The lowest BCUT2D eigenvalue weighted by Gasteiger charge is -2.14. The summed E-state index contributed by atoms with van der Waals surface area (Å²) in [6, 6.07) is 9.35. The topological polar surface area (TPSA) is 91.0 Å². The zero-order valence-corrected chi connectivity index (χ0v) is 18.0. The molecule has 1 heterocycles. The van der Waals surface area contributed by atoms with E-state index in [1.54, 1.807) is 24.3 Å². The van der Waals surface area contributed by atoms with Gasteiger partial charge >= 0.3 is 5.97 Å². The number of nitrogens with zero attached hydrogens (tertiary/aromatic N) is 2. The van der Waals surface area contributed by atoms with Crippen molar-refractivity contribution in [1.82, 2.24) is 0 Å². The third-order valence-electron chi connectivity index (χ3n) is 3.60. The van der Waals surface area contributed by atoms with Gasteiger partial charge in [0, 0.05) is 17.7 Å². The van der Waals surface area contributed by atoms with E-state index in [9.17, 15) is 14.9 Å². The number of esters is 1. The van der Waals surface area contributed by atoms with E-state index in [0.29, 0.717) is 16.9 Å². The van der Waals surface area contributed by atoms with Crippen LogP contribution in [0.15, 0.2) is 56.0 Å². The Balaban J connectivity index is 1.94. The summed E-state index contributed by atoms with van der Waals surface area (Å²) in [5.41, 5.74) is 1.04. The molecule has 0 atom stereocenters. The van der Waals surface area contributed by atoms with Crippen molar-refractivity contribution in [3.63, 3.8) is 0 Å². The molecule has 0 aliphatic carbocycles. The van der Waals surface area contributed by atoms with Crippen molar-refractivity contribution >= 4 is 55.5 Å². The Morgan fingerprint density at radius 1 is 1.21 bits per heavy atom. The van der Waals surface area contributed by atoms with Crippen LogP contribution in [0.4, 0.5) is 5.69 Å². The van der Waals surface area contributed by atoms with Crippen molar-refractivity contribution in [3.05, 3.63) is 72.3 Å². The van der Waals surface area contributed by atoms with Gasteiger partial charge in [0.25, 0.3) is 5.69 Å². The number of hydrogen-bond donors (Lipinski definition) is 0. The third kappa shape index (κ3) is 4.48. The Bertz CT molecular complexity index is 1010. The van der Waals surface area contributed by atoms with E-state index in [2.05, 4.69) is 36.9 Å². The highest BCUT2D eigenvalue weighted by molar-refractivity contribution is 9.11. The van der Waals surface area contributed by atoms with E-state index in [4.69, 9.17) is 9.47 Å². The molecule has 1 aliphatic heterocycles. The first-order chi connectivity index (χ1) is 13.2. The minimum atomic E-state index is -0.628. The molecule has 2 aromatic carbocycles. The summed E-state index contributed by atoms with van der Waals surface area (Å²) in [4.78, 5) is 26.8. The lowest BCUT2D eigenvalue weighted by atomic mass is 10.2. The van der Waals surface area contributed by atoms with Crippen molar-refractivity contribution in [2.75, 3.05) is 0 Å². The maximum atomic E-state index is 12.2. The summed E-state index contributed by atoms with van der Waals surface area (Å²) in [5, 5.41) is 10.9. The number of halogens is 2. The van der Waals surface area contributed by atoms with E-state index in [1.807, 2.05) is 13.8 Å². The molecule has 7 nitrogen and oxygen atoms in total. The van der Waals surface area contributed by atoms with Crippen LogP contribution in [-0.4, -0.2) is 22.9 Å². The van der Waals surface area contributed by atoms with Crippen LogP contribution in [0.25, 0.3) is 6.08 Å². The summed E-state index contributed by atoms with van der Waals surface area (Å²) in [7, 11) is 0. The standard InChI is InChI=1S/C19H14Br2N2O5/c1-10(2)27-17-14(20)6-11(7-15(17)21)8-16-19(24)28-18(22-16)12-4-3-5-13(9-12)23(25)26/h3-10H,1-2H3/b16-8-. The SMILES string of the molecule is CC(C)Oc1c(Br)cc(/C=C2\N=C(c3cccc([N+](=O)[O-])c3)OC2=O)cc1Br. The predicted molar refractivity (Wildman–Crippen MR) is 111 cm³/mol. The van der Waals surface area contributed by atoms with Crippen LogP contribution < -0.4 is 4.74 Å². The van der Waals surface area contributed by atoms with Gasteiger partial charge in [-0.2, -0.15) is 0 Å². The molecule has 2 aromatic rings. The molecule has 0 unspecified atom stereocenters. The third-order valence-corrected chi connectivity index (χ3v) is 4.78. The van der Waals surface area contributed by atoms with Crippen LogP contribution in [0.2, 0.25) is 0 Å². The zero-order chi connectivity index (χ0) is 20.4.